The predicted molar refractivity (Wildman–Crippen MR) is 113 cm³/mol. The number of nitrogens with zero attached hydrogens (tertiary/aromatic N) is 5. The molecule has 0 unspecified atom stereocenters. The van der Waals surface area contributed by atoms with Gasteiger partial charge < -0.3 is 10.8 Å². The summed E-state index contributed by atoms with van der Waals surface area (Å²) >= 11 is 0. The zero-order valence-electron chi connectivity index (χ0n) is 16.2. The Hall–Kier alpha value is -4.07. The quantitative estimate of drug-likeness (QED) is 0.544. The van der Waals surface area contributed by atoms with Crippen LogP contribution in [0.15, 0.2) is 53.5 Å². The zero-order chi connectivity index (χ0) is 20.8. The molecule has 0 saturated carbocycles. The molecule has 1 aliphatic rings. The third-order valence-electron chi connectivity index (χ3n) is 5.26. The van der Waals surface area contributed by atoms with E-state index in [9.17, 15) is 9.90 Å². The van der Waals surface area contributed by atoms with Gasteiger partial charge in [-0.25, -0.2) is 4.79 Å². The van der Waals surface area contributed by atoms with Crippen molar-refractivity contribution in [2.75, 3.05) is 5.73 Å². The van der Waals surface area contributed by atoms with Crippen LogP contribution in [0.1, 0.15) is 34.2 Å². The van der Waals surface area contributed by atoms with Gasteiger partial charge in [-0.2, -0.15) is 9.61 Å². The number of carboxylic acid groups (broad SMARTS) is 1. The number of aromatic carboxylic acids is 1. The van der Waals surface area contributed by atoms with Crippen molar-refractivity contribution in [2.24, 2.45) is 4.99 Å². The number of nitrogens with two attached hydrogens (primary N) is 1. The lowest BCUT2D eigenvalue weighted by Crippen LogP contribution is -2.14. The zero-order valence-corrected chi connectivity index (χ0v) is 16.2. The number of carbonyl (C=O) groups is 1. The Morgan fingerprint density at radius 3 is 2.77 bits per heavy atom. The second-order valence-electron chi connectivity index (χ2n) is 7.09. The second kappa shape index (κ2) is 6.77. The van der Waals surface area contributed by atoms with Crippen LogP contribution in [-0.4, -0.2) is 36.6 Å². The molecule has 5 rings (SSSR count). The predicted octanol–water partition coefficient (Wildman–Crippen LogP) is 3.31. The molecule has 3 heterocycles. The first-order valence-corrected chi connectivity index (χ1v) is 9.60. The van der Waals surface area contributed by atoms with E-state index in [0.717, 1.165) is 28.2 Å². The Kier molecular flexibility index (Phi) is 4.06. The molecule has 1 aliphatic heterocycles. The minimum absolute atomic E-state index is 0.199. The fraction of sp³-hybridized carbons (Fsp3) is 0.136. The summed E-state index contributed by atoms with van der Waals surface area (Å²) in [5.74, 6) is -0.625. The van der Waals surface area contributed by atoms with Crippen molar-refractivity contribution < 1.29 is 9.90 Å². The smallest absolute Gasteiger partial charge is 0.335 e. The van der Waals surface area contributed by atoms with Gasteiger partial charge in [0.15, 0.2) is 11.5 Å². The van der Waals surface area contributed by atoms with Crippen LogP contribution >= 0.6 is 0 Å². The van der Waals surface area contributed by atoms with Gasteiger partial charge >= 0.3 is 5.97 Å². The fourth-order valence-corrected chi connectivity index (χ4v) is 3.79. The summed E-state index contributed by atoms with van der Waals surface area (Å²) in [6.45, 7) is 1.98. The summed E-state index contributed by atoms with van der Waals surface area (Å²) in [6, 6.07) is 14.6. The number of hydrogen-bond acceptors (Lipinski definition) is 6. The van der Waals surface area contributed by atoms with Crippen molar-refractivity contribution in [1.82, 2.24) is 19.8 Å². The van der Waals surface area contributed by atoms with Gasteiger partial charge in [-0.05, 0) is 35.7 Å². The normalized spacial score (nSPS) is 12.8. The Morgan fingerprint density at radius 2 is 2.00 bits per heavy atom. The number of nitrogen functional groups attached to an aromatic ring is 1. The van der Waals surface area contributed by atoms with E-state index in [1.807, 2.05) is 37.3 Å². The summed E-state index contributed by atoms with van der Waals surface area (Å²) in [4.78, 5) is 16.1. The third-order valence-corrected chi connectivity index (χ3v) is 5.26. The van der Waals surface area contributed by atoms with Gasteiger partial charge in [0.1, 0.15) is 5.69 Å². The second-order valence-corrected chi connectivity index (χ2v) is 7.09. The summed E-state index contributed by atoms with van der Waals surface area (Å²) < 4.78 is 1.58. The molecule has 148 valence electrons. The van der Waals surface area contributed by atoms with Crippen LogP contribution in [0.25, 0.3) is 16.8 Å². The number of fused-ring (bicyclic) bond motifs is 2. The van der Waals surface area contributed by atoms with Gasteiger partial charge in [0.25, 0.3) is 0 Å². The molecule has 30 heavy (non-hydrogen) atoms. The van der Waals surface area contributed by atoms with Crippen molar-refractivity contribution in [3.05, 3.63) is 71.0 Å². The number of aliphatic imine (C=N–C) groups is 1. The maximum atomic E-state index is 11.4. The molecule has 0 amide bonds. The molecular weight excluding hydrogens is 380 g/mol. The highest BCUT2D eigenvalue weighted by atomic mass is 16.4. The molecule has 8 heteroatoms. The summed E-state index contributed by atoms with van der Waals surface area (Å²) in [5, 5.41) is 22.8. The van der Waals surface area contributed by atoms with Gasteiger partial charge in [-0.3, -0.25) is 4.99 Å². The molecule has 0 saturated heterocycles. The van der Waals surface area contributed by atoms with Crippen LogP contribution < -0.4 is 5.73 Å². The first-order valence-electron chi connectivity index (χ1n) is 9.60. The first-order chi connectivity index (χ1) is 14.6. The number of hydrogen-bond donors (Lipinski definition) is 2. The molecule has 3 N–H and O–H groups in total. The van der Waals surface area contributed by atoms with Gasteiger partial charge in [-0.1, -0.05) is 37.3 Å². The van der Waals surface area contributed by atoms with Crippen molar-refractivity contribution in [2.45, 2.75) is 19.8 Å². The third kappa shape index (κ3) is 2.73. The van der Waals surface area contributed by atoms with Gasteiger partial charge in [0.2, 0.25) is 0 Å². The maximum absolute atomic E-state index is 11.4. The average Bonchev–Trinajstić information content (AvgIpc) is 3.35. The molecule has 0 aliphatic carbocycles. The van der Waals surface area contributed by atoms with Gasteiger partial charge in [0.05, 0.1) is 28.2 Å². The van der Waals surface area contributed by atoms with Crippen molar-refractivity contribution in [3.8, 4) is 11.1 Å². The summed E-state index contributed by atoms with van der Waals surface area (Å²) in [6.07, 6.45) is 1.27. The number of aryl methyl sites for hydroxylation is 1. The minimum atomic E-state index is -0.988. The minimum Gasteiger partial charge on any atom is -0.478 e. The molecule has 4 aromatic rings. The monoisotopic (exact) mass is 398 g/mol. The number of rotatable bonds is 4. The van der Waals surface area contributed by atoms with E-state index in [4.69, 9.17) is 5.73 Å². The summed E-state index contributed by atoms with van der Waals surface area (Å²) in [7, 11) is 0. The largest absolute Gasteiger partial charge is 0.478 e. The number of carboxylic acids is 1. The molecule has 0 spiro atoms. The molecule has 2 aromatic carbocycles. The number of aromatic nitrogens is 4. The van der Waals surface area contributed by atoms with E-state index in [1.165, 1.54) is 0 Å². The molecule has 0 fully saturated rings. The summed E-state index contributed by atoms with van der Waals surface area (Å²) in [5.41, 5.74) is 12.7. The van der Waals surface area contributed by atoms with Crippen molar-refractivity contribution in [3.63, 3.8) is 0 Å². The number of benzene rings is 2. The Labute approximate surface area is 171 Å². The van der Waals surface area contributed by atoms with E-state index in [-0.39, 0.29) is 5.56 Å². The van der Waals surface area contributed by atoms with Crippen LogP contribution in [0, 0.1) is 0 Å². The highest BCUT2D eigenvalue weighted by Gasteiger charge is 2.24. The standard InChI is InChI=1S/C22H18N6O2/c1-2-15-18(13-7-5-8-14(10-13)22(29)30)21-26-25-19(20(23)28(21)27-15)17-11-12-6-3-4-9-16(12)24-17/h3-10H,2,11,23H2,1H3,(H,29,30). The number of para-hydroxylation sites is 1. The lowest BCUT2D eigenvalue weighted by Gasteiger charge is -2.06. The van der Waals surface area contributed by atoms with Crippen LogP contribution in [0.4, 0.5) is 11.5 Å². The SMILES string of the molecule is CCc1nn2c(N)c(C3=Nc4ccccc4C3)nnc2c1-c1cccc(C(=O)O)c1. The van der Waals surface area contributed by atoms with Crippen LogP contribution in [0.2, 0.25) is 0 Å². The van der Waals surface area contributed by atoms with E-state index in [1.54, 1.807) is 22.7 Å². The van der Waals surface area contributed by atoms with Crippen LogP contribution in [-0.2, 0) is 12.8 Å². The van der Waals surface area contributed by atoms with Crippen LogP contribution in [0.5, 0.6) is 0 Å². The van der Waals surface area contributed by atoms with E-state index < -0.39 is 5.97 Å². The Balaban J connectivity index is 1.66. The average molecular weight is 398 g/mol. The van der Waals surface area contributed by atoms with Gasteiger partial charge in [0, 0.05) is 6.42 Å². The molecule has 8 nitrogen and oxygen atoms in total. The highest BCUT2D eigenvalue weighted by molar-refractivity contribution is 6.08. The lowest BCUT2D eigenvalue weighted by atomic mass is 10.0. The molecule has 0 radical (unpaired) electrons. The van der Waals surface area contributed by atoms with Crippen molar-refractivity contribution in [1.29, 1.82) is 0 Å². The Bertz CT molecular complexity index is 1360. The van der Waals surface area contributed by atoms with Crippen LogP contribution in [0.3, 0.4) is 0 Å². The molecular formula is C22H18N6O2. The maximum Gasteiger partial charge on any atom is 0.335 e. The fourth-order valence-electron chi connectivity index (χ4n) is 3.79. The molecule has 0 atom stereocenters. The molecule has 2 aromatic heterocycles. The first kappa shape index (κ1) is 18.0. The van der Waals surface area contributed by atoms with E-state index in [0.29, 0.717) is 35.6 Å². The van der Waals surface area contributed by atoms with Gasteiger partial charge in [-0.15, -0.1) is 10.2 Å². The Morgan fingerprint density at radius 1 is 1.17 bits per heavy atom. The van der Waals surface area contributed by atoms with E-state index >= 15 is 0 Å². The van der Waals surface area contributed by atoms with E-state index in [2.05, 4.69) is 20.3 Å². The highest BCUT2D eigenvalue weighted by Crippen LogP contribution is 2.32. The van der Waals surface area contributed by atoms with Crippen molar-refractivity contribution >= 4 is 28.8 Å². The lowest BCUT2D eigenvalue weighted by molar-refractivity contribution is 0.0697. The molecule has 0 bridgehead atoms. The topological polar surface area (TPSA) is 119 Å². The number of anilines is 1.